The smallest absolute Gasteiger partial charge is 0.250 e. The lowest BCUT2D eigenvalue weighted by atomic mass is 10.1. The first-order valence-electron chi connectivity index (χ1n) is 13.1. The zero-order chi connectivity index (χ0) is 27.7. The minimum Gasteiger partial charge on any atom is -0.368 e. The van der Waals surface area contributed by atoms with Crippen LogP contribution in [0.1, 0.15) is 46.2 Å². The predicted molar refractivity (Wildman–Crippen MR) is 152 cm³/mol. The van der Waals surface area contributed by atoms with Crippen LogP contribution in [0.25, 0.3) is 16.6 Å². The van der Waals surface area contributed by atoms with Crippen molar-refractivity contribution >= 4 is 45.8 Å². The first-order valence-corrected chi connectivity index (χ1v) is 13.4. The maximum Gasteiger partial charge on any atom is 0.250 e. The van der Waals surface area contributed by atoms with E-state index in [0.29, 0.717) is 54.1 Å². The fourth-order valence-electron chi connectivity index (χ4n) is 5.17. The zero-order valence-corrected chi connectivity index (χ0v) is 22.8. The number of nitrogens with zero attached hydrogens (tertiary/aromatic N) is 5. The average Bonchev–Trinajstić information content (AvgIpc) is 3.49. The largest absolute Gasteiger partial charge is 0.368 e. The van der Waals surface area contributed by atoms with Crippen molar-refractivity contribution in [3.63, 3.8) is 0 Å². The molecule has 0 saturated carbocycles. The van der Waals surface area contributed by atoms with E-state index in [4.69, 9.17) is 17.3 Å². The number of halogens is 1. The number of anilines is 1. The first kappa shape index (κ1) is 26.5. The fourth-order valence-corrected chi connectivity index (χ4v) is 5.34. The number of piperazine rings is 1. The molecule has 3 heterocycles. The molecule has 0 bridgehead atoms. The number of ketones is 1. The Bertz CT molecular complexity index is 1550. The number of benzene rings is 2. The highest BCUT2D eigenvalue weighted by Gasteiger charge is 2.23. The molecule has 1 fully saturated rings. The molecule has 2 aromatic heterocycles. The zero-order valence-electron chi connectivity index (χ0n) is 22.1. The Kier molecular flexibility index (Phi) is 7.43. The van der Waals surface area contributed by atoms with Crippen LogP contribution >= 0.6 is 11.6 Å². The molecule has 0 aliphatic carbocycles. The number of hydrogen-bond donors (Lipinski definition) is 1. The molecular weight excluding hydrogens is 516 g/mol. The molecule has 0 radical (unpaired) electrons. The quantitative estimate of drug-likeness (QED) is 0.333. The van der Waals surface area contributed by atoms with Gasteiger partial charge >= 0.3 is 0 Å². The topological polar surface area (TPSA) is 106 Å². The van der Waals surface area contributed by atoms with Crippen LogP contribution in [0, 0.1) is 6.92 Å². The summed E-state index contributed by atoms with van der Waals surface area (Å²) in [6.45, 7) is 6.62. The lowest BCUT2D eigenvalue weighted by molar-refractivity contribution is -0.132. The Morgan fingerprint density at radius 3 is 2.33 bits per heavy atom. The number of rotatable bonds is 8. The monoisotopic (exact) mass is 546 g/mol. The molecule has 0 spiro atoms. The first-order chi connectivity index (χ1) is 18.8. The number of Topliss-reactive ketones (excluding diaryl/α,β-unsaturated/α-hetero) is 1. The molecule has 4 aromatic rings. The van der Waals surface area contributed by atoms with E-state index in [-0.39, 0.29) is 18.2 Å². The van der Waals surface area contributed by atoms with Gasteiger partial charge in [0.15, 0.2) is 5.78 Å². The summed E-state index contributed by atoms with van der Waals surface area (Å²) >= 11 is 6.11. The molecule has 2 aromatic carbocycles. The van der Waals surface area contributed by atoms with Gasteiger partial charge in [0.25, 0.3) is 5.91 Å². The standard InChI is InChI=1S/C29H31ClN6O3/c1-3-4-27(37)24-16-32-36(19(24)2)22-8-6-21(7-9-22)33-11-13-34(14-12-33)28(38)18-35-17-25(29(31)39)23-15-20(30)5-10-26(23)35/h5-10,15-17H,3-4,11-14,18H2,1-2H3,(H2,31,39). The van der Waals surface area contributed by atoms with Crippen molar-refractivity contribution in [2.24, 2.45) is 5.73 Å². The molecule has 39 heavy (non-hydrogen) atoms. The van der Waals surface area contributed by atoms with Crippen LogP contribution in [-0.2, 0) is 11.3 Å². The summed E-state index contributed by atoms with van der Waals surface area (Å²) in [6, 6.07) is 13.3. The average molecular weight is 547 g/mol. The van der Waals surface area contributed by atoms with Crippen LogP contribution in [-0.4, -0.2) is 63.0 Å². The molecule has 0 atom stereocenters. The summed E-state index contributed by atoms with van der Waals surface area (Å²) in [5, 5.41) is 5.58. The third kappa shape index (κ3) is 5.27. The van der Waals surface area contributed by atoms with Crippen molar-refractivity contribution in [1.29, 1.82) is 0 Å². The Hall–Kier alpha value is -4.11. The van der Waals surface area contributed by atoms with Crippen molar-refractivity contribution in [3.05, 3.63) is 76.7 Å². The van der Waals surface area contributed by atoms with Crippen LogP contribution in [0.15, 0.2) is 54.9 Å². The van der Waals surface area contributed by atoms with Gasteiger partial charge in [-0.2, -0.15) is 5.10 Å². The number of hydrogen-bond acceptors (Lipinski definition) is 5. The lowest BCUT2D eigenvalue weighted by Crippen LogP contribution is -2.49. The summed E-state index contributed by atoms with van der Waals surface area (Å²) in [7, 11) is 0. The van der Waals surface area contributed by atoms with Gasteiger partial charge in [0.05, 0.1) is 28.7 Å². The Morgan fingerprint density at radius 1 is 0.974 bits per heavy atom. The van der Waals surface area contributed by atoms with Crippen molar-refractivity contribution in [2.75, 3.05) is 31.1 Å². The fraction of sp³-hybridized carbons (Fsp3) is 0.310. The number of nitrogens with two attached hydrogens (primary N) is 1. The number of amides is 2. The van der Waals surface area contributed by atoms with Gasteiger partial charge in [0.2, 0.25) is 5.91 Å². The Balaban J connectivity index is 1.22. The molecule has 9 nitrogen and oxygen atoms in total. The maximum atomic E-state index is 13.1. The van der Waals surface area contributed by atoms with E-state index >= 15 is 0 Å². The summed E-state index contributed by atoms with van der Waals surface area (Å²) in [5.41, 5.74) is 10.1. The minimum atomic E-state index is -0.554. The normalized spacial score (nSPS) is 13.7. The van der Waals surface area contributed by atoms with Crippen LogP contribution in [0.4, 0.5) is 5.69 Å². The number of carbonyl (C=O) groups excluding carboxylic acids is 3. The Morgan fingerprint density at radius 2 is 1.67 bits per heavy atom. The molecule has 1 aliphatic heterocycles. The molecule has 10 heteroatoms. The van der Waals surface area contributed by atoms with E-state index in [9.17, 15) is 14.4 Å². The van der Waals surface area contributed by atoms with Gasteiger partial charge in [0.1, 0.15) is 6.54 Å². The van der Waals surface area contributed by atoms with Crippen LogP contribution in [0.2, 0.25) is 5.02 Å². The van der Waals surface area contributed by atoms with E-state index in [1.165, 1.54) is 0 Å². The van der Waals surface area contributed by atoms with Gasteiger partial charge in [-0.25, -0.2) is 4.68 Å². The number of carbonyl (C=O) groups is 3. The van der Waals surface area contributed by atoms with Crippen molar-refractivity contribution in [2.45, 2.75) is 33.2 Å². The second kappa shape index (κ2) is 10.9. The third-order valence-corrected chi connectivity index (χ3v) is 7.53. The second-order valence-electron chi connectivity index (χ2n) is 9.81. The molecule has 1 saturated heterocycles. The van der Waals surface area contributed by atoms with Gasteiger partial charge in [-0.3, -0.25) is 14.4 Å². The highest BCUT2D eigenvalue weighted by atomic mass is 35.5. The number of fused-ring (bicyclic) bond motifs is 1. The number of primary amides is 1. The molecule has 1 aliphatic rings. The molecular formula is C29H31ClN6O3. The summed E-state index contributed by atoms with van der Waals surface area (Å²) in [6.07, 6.45) is 4.61. The minimum absolute atomic E-state index is 0.0181. The van der Waals surface area contributed by atoms with Crippen molar-refractivity contribution < 1.29 is 14.4 Å². The molecule has 5 rings (SSSR count). The van der Waals surface area contributed by atoms with E-state index < -0.39 is 5.91 Å². The summed E-state index contributed by atoms with van der Waals surface area (Å²) in [5.74, 6) is -0.454. The van der Waals surface area contributed by atoms with Crippen LogP contribution < -0.4 is 10.6 Å². The van der Waals surface area contributed by atoms with Gasteiger partial charge in [-0.1, -0.05) is 18.5 Å². The van der Waals surface area contributed by atoms with Crippen LogP contribution in [0.3, 0.4) is 0 Å². The van der Waals surface area contributed by atoms with E-state index in [1.54, 1.807) is 39.8 Å². The van der Waals surface area contributed by atoms with Crippen molar-refractivity contribution in [1.82, 2.24) is 19.2 Å². The molecule has 2 amide bonds. The van der Waals surface area contributed by atoms with E-state index in [1.807, 2.05) is 43.0 Å². The Labute approximate surface area is 231 Å². The lowest BCUT2D eigenvalue weighted by Gasteiger charge is -2.36. The number of aromatic nitrogens is 3. The summed E-state index contributed by atoms with van der Waals surface area (Å²) < 4.78 is 3.56. The summed E-state index contributed by atoms with van der Waals surface area (Å²) in [4.78, 5) is 41.5. The maximum absolute atomic E-state index is 13.1. The van der Waals surface area contributed by atoms with Crippen LogP contribution in [0.5, 0.6) is 0 Å². The van der Waals surface area contributed by atoms with E-state index in [0.717, 1.165) is 29.0 Å². The van der Waals surface area contributed by atoms with Gasteiger partial charge in [-0.05, 0) is 55.8 Å². The van der Waals surface area contributed by atoms with Gasteiger partial charge in [0, 0.05) is 60.4 Å². The predicted octanol–water partition coefficient (Wildman–Crippen LogP) is 4.22. The highest BCUT2D eigenvalue weighted by molar-refractivity contribution is 6.31. The molecule has 202 valence electrons. The van der Waals surface area contributed by atoms with Gasteiger partial charge in [-0.15, -0.1) is 0 Å². The SMILES string of the molecule is CCCC(=O)c1cnn(-c2ccc(N3CCN(C(=O)Cn4cc(C(N)=O)c5cc(Cl)ccc54)CC3)cc2)c1C. The molecule has 2 N–H and O–H groups in total. The second-order valence-corrected chi connectivity index (χ2v) is 10.2. The van der Waals surface area contributed by atoms with E-state index in [2.05, 4.69) is 10.00 Å². The molecule has 0 unspecified atom stereocenters. The van der Waals surface area contributed by atoms with Gasteiger partial charge < -0.3 is 20.1 Å². The highest BCUT2D eigenvalue weighted by Crippen LogP contribution is 2.26. The third-order valence-electron chi connectivity index (χ3n) is 7.29. The van der Waals surface area contributed by atoms with Crippen molar-refractivity contribution in [3.8, 4) is 5.69 Å².